The Morgan fingerprint density at radius 1 is 0.651 bits per heavy atom. The average Bonchev–Trinajstić information content (AvgIpc) is 3.19. The van der Waals surface area contributed by atoms with Crippen LogP contribution >= 0.6 is 50.7 Å². The third kappa shape index (κ3) is 25.8. The lowest BCUT2D eigenvalue weighted by atomic mass is 10.1. The highest BCUT2D eigenvalue weighted by atomic mass is 79.9. The first-order valence-electron chi connectivity index (χ1n) is 20.0. The van der Waals surface area contributed by atoms with Crippen LogP contribution in [-0.2, 0) is 43.3 Å². The number of carbonyl (C=O) groups is 2. The van der Waals surface area contributed by atoms with Crippen molar-refractivity contribution < 1.29 is 46.4 Å². The van der Waals surface area contributed by atoms with Crippen LogP contribution in [0.3, 0.4) is 0 Å². The SMILES string of the molecule is CC(C)(C)OC(=O)NCc1cc(Br)cc(Cl)c1F.CCCCOC.COCCN(C)c1cc(Cl)c(F)c(CN)c1.COCCN(C)c1cc(Cl)c(F)c(CNC(=O)OC(C)(C)C)c1. The molecule has 0 radical (unpaired) electrons. The predicted octanol–water partition coefficient (Wildman–Crippen LogP) is 11.3. The Balaban J connectivity index is 0.000000870. The third-order valence-electron chi connectivity index (χ3n) is 7.95. The molecule has 3 rings (SSSR count). The van der Waals surface area contributed by atoms with E-state index in [4.69, 9.17) is 64.2 Å². The summed E-state index contributed by atoms with van der Waals surface area (Å²) >= 11 is 20.6. The van der Waals surface area contributed by atoms with E-state index in [1.54, 1.807) is 93.2 Å². The second-order valence-corrected chi connectivity index (χ2v) is 17.9. The van der Waals surface area contributed by atoms with Crippen LogP contribution in [0.25, 0.3) is 0 Å². The third-order valence-corrected chi connectivity index (χ3v) is 9.24. The van der Waals surface area contributed by atoms with E-state index in [1.165, 1.54) is 18.9 Å². The standard InChI is InChI=1S/C16H24ClFN2O3.C12H14BrClFNO2.C11H16ClFN2O.C5H12O/c1-16(2,3)23-15(21)19-10-11-8-12(9-13(17)14(11)18)20(4)6-7-22-5;1-12(2,3)18-11(17)16-6-7-4-8(13)5-9(14)10(7)15;1-15(3-4-16-2)9-5-8(7-14)11(13)10(12)6-9;1-3-4-5-6-2/h8-9H,6-7,10H2,1-5H3,(H,19,21);4-5H,6H2,1-3H3,(H,16,17);5-6H,3-4,7,14H2,1-2H3;3-5H2,1-2H3. The highest BCUT2D eigenvalue weighted by Crippen LogP contribution is 2.28. The van der Waals surface area contributed by atoms with E-state index in [-0.39, 0.29) is 34.7 Å². The zero-order chi connectivity index (χ0) is 48.5. The lowest BCUT2D eigenvalue weighted by Crippen LogP contribution is -2.32. The maximum atomic E-state index is 14.1. The van der Waals surface area contributed by atoms with Gasteiger partial charge in [-0.25, -0.2) is 22.8 Å². The van der Waals surface area contributed by atoms with Crippen molar-refractivity contribution in [2.45, 2.75) is 92.1 Å². The molecule has 0 spiro atoms. The molecular weight excluding hydrogens is 954 g/mol. The fourth-order valence-corrected chi connectivity index (χ4v) is 6.02. The summed E-state index contributed by atoms with van der Waals surface area (Å²) in [7, 11) is 8.73. The summed E-state index contributed by atoms with van der Waals surface area (Å²) < 4.78 is 66.8. The largest absolute Gasteiger partial charge is 0.444 e. The fourth-order valence-electron chi connectivity index (χ4n) is 4.68. The van der Waals surface area contributed by atoms with E-state index in [0.29, 0.717) is 47.5 Å². The summed E-state index contributed by atoms with van der Waals surface area (Å²) in [4.78, 5) is 26.9. The second-order valence-electron chi connectivity index (χ2n) is 15.8. The Bertz CT molecular complexity index is 1840. The maximum Gasteiger partial charge on any atom is 0.407 e. The summed E-state index contributed by atoms with van der Waals surface area (Å²) in [6.07, 6.45) is 1.22. The van der Waals surface area contributed by atoms with Gasteiger partial charge in [0.2, 0.25) is 0 Å². The molecule has 0 aliphatic rings. The molecule has 12 nitrogen and oxygen atoms in total. The van der Waals surface area contributed by atoms with Crippen LogP contribution in [0.2, 0.25) is 15.1 Å². The molecule has 3 aromatic carbocycles. The molecule has 2 amide bonds. The van der Waals surface area contributed by atoms with Gasteiger partial charge in [-0.05, 0) is 84.4 Å². The van der Waals surface area contributed by atoms with Crippen molar-refractivity contribution in [1.29, 1.82) is 0 Å². The Kier molecular flexibility index (Phi) is 29.3. The summed E-state index contributed by atoms with van der Waals surface area (Å²) in [6, 6.07) is 9.49. The maximum absolute atomic E-state index is 14.1. The minimum atomic E-state index is -0.609. The number of nitrogens with one attached hydrogen (secondary N) is 2. The topological polar surface area (TPSA) is 137 Å². The van der Waals surface area contributed by atoms with Gasteiger partial charge in [0.1, 0.15) is 28.7 Å². The molecule has 0 saturated carbocycles. The number of unbranched alkanes of at least 4 members (excludes halogenated alkanes) is 1. The van der Waals surface area contributed by atoms with Crippen molar-refractivity contribution in [3.63, 3.8) is 0 Å². The molecule has 4 N–H and O–H groups in total. The van der Waals surface area contributed by atoms with Crippen molar-refractivity contribution in [3.05, 3.63) is 90.1 Å². The zero-order valence-electron chi connectivity index (χ0n) is 38.5. The normalized spacial score (nSPS) is 10.9. The van der Waals surface area contributed by atoms with Gasteiger partial charge in [0.15, 0.2) is 0 Å². The number of carbonyl (C=O) groups excluding carboxylic acids is 2. The molecule has 0 heterocycles. The minimum Gasteiger partial charge on any atom is -0.444 e. The Morgan fingerprint density at radius 2 is 1.02 bits per heavy atom. The Labute approximate surface area is 395 Å². The smallest absolute Gasteiger partial charge is 0.407 e. The second kappa shape index (κ2) is 30.8. The van der Waals surface area contributed by atoms with Gasteiger partial charge in [-0.3, -0.25) is 0 Å². The summed E-state index contributed by atoms with van der Waals surface area (Å²) in [5.41, 5.74) is 6.84. The summed E-state index contributed by atoms with van der Waals surface area (Å²) in [5, 5.41) is 5.11. The quantitative estimate of drug-likeness (QED) is 0.0939. The highest BCUT2D eigenvalue weighted by Gasteiger charge is 2.19. The van der Waals surface area contributed by atoms with E-state index in [9.17, 15) is 22.8 Å². The Morgan fingerprint density at radius 3 is 1.37 bits per heavy atom. The monoisotopic (exact) mass is 1020 g/mol. The van der Waals surface area contributed by atoms with E-state index in [2.05, 4.69) is 33.5 Å². The van der Waals surface area contributed by atoms with Crippen LogP contribution in [0.5, 0.6) is 0 Å². The van der Waals surface area contributed by atoms with Gasteiger partial charge in [0.25, 0.3) is 0 Å². The van der Waals surface area contributed by atoms with Gasteiger partial charge in [0, 0.05) is 107 Å². The number of benzene rings is 3. The molecule has 0 atom stereocenters. The molecule has 358 valence electrons. The molecule has 19 heteroatoms. The van der Waals surface area contributed by atoms with Gasteiger partial charge in [0.05, 0.1) is 28.3 Å². The van der Waals surface area contributed by atoms with Gasteiger partial charge in [-0.2, -0.15) is 0 Å². The van der Waals surface area contributed by atoms with Crippen LogP contribution in [0.15, 0.2) is 40.9 Å². The van der Waals surface area contributed by atoms with Crippen molar-refractivity contribution in [2.75, 3.05) is 78.1 Å². The summed E-state index contributed by atoms with van der Waals surface area (Å²) in [5.74, 6) is -1.53. The number of ether oxygens (including phenoxy) is 5. The molecule has 0 aliphatic heterocycles. The zero-order valence-corrected chi connectivity index (χ0v) is 42.4. The lowest BCUT2D eigenvalue weighted by molar-refractivity contribution is 0.0511. The first-order valence-corrected chi connectivity index (χ1v) is 21.9. The minimum absolute atomic E-state index is 0.00497. The number of methoxy groups -OCH3 is 3. The predicted molar refractivity (Wildman–Crippen MR) is 253 cm³/mol. The van der Waals surface area contributed by atoms with Gasteiger partial charge < -0.3 is 49.9 Å². The van der Waals surface area contributed by atoms with E-state index in [1.807, 2.05) is 23.9 Å². The van der Waals surface area contributed by atoms with Crippen LogP contribution < -0.4 is 26.2 Å². The fraction of sp³-hybridized carbons (Fsp3) is 0.545. The molecule has 0 aliphatic carbocycles. The van der Waals surface area contributed by atoms with Crippen molar-refractivity contribution in [1.82, 2.24) is 10.6 Å². The van der Waals surface area contributed by atoms with Crippen LogP contribution in [0, 0.1) is 17.5 Å². The number of hydrogen-bond donors (Lipinski definition) is 3. The number of anilines is 2. The number of amides is 2. The molecule has 0 unspecified atom stereocenters. The highest BCUT2D eigenvalue weighted by molar-refractivity contribution is 9.10. The van der Waals surface area contributed by atoms with Gasteiger partial charge in [-0.15, -0.1) is 0 Å². The molecule has 0 fully saturated rings. The van der Waals surface area contributed by atoms with E-state index in [0.717, 1.165) is 18.0 Å². The van der Waals surface area contributed by atoms with Crippen molar-refractivity contribution in [2.24, 2.45) is 5.73 Å². The number of rotatable bonds is 16. The van der Waals surface area contributed by atoms with Gasteiger partial charge in [-0.1, -0.05) is 64.1 Å². The first kappa shape index (κ1) is 59.8. The number of halogens is 7. The average molecular weight is 1020 g/mol. The number of likely N-dealkylation sites (N-methyl/N-ethyl adjacent to an activating group) is 2. The molecule has 3 aromatic rings. The van der Waals surface area contributed by atoms with Crippen LogP contribution in [0.4, 0.5) is 34.1 Å². The number of hydrogen-bond acceptors (Lipinski definition) is 10. The van der Waals surface area contributed by atoms with Gasteiger partial charge >= 0.3 is 12.2 Å². The molecular formula is C44H66BrCl3F3N5O7. The molecule has 0 bridgehead atoms. The lowest BCUT2D eigenvalue weighted by Gasteiger charge is -2.21. The molecule has 0 aromatic heterocycles. The first-order chi connectivity index (χ1) is 29.3. The Hall–Kier alpha value is -3.22. The number of nitrogens with zero attached hydrogens (tertiary/aromatic N) is 2. The van der Waals surface area contributed by atoms with Crippen LogP contribution in [0.1, 0.15) is 78.0 Å². The van der Waals surface area contributed by atoms with Crippen molar-refractivity contribution >= 4 is 74.3 Å². The number of nitrogens with two attached hydrogens (primary N) is 1. The molecule has 0 saturated heterocycles. The summed E-state index contributed by atoms with van der Waals surface area (Å²) in [6.45, 7) is 16.2. The molecule has 63 heavy (non-hydrogen) atoms. The van der Waals surface area contributed by atoms with Crippen LogP contribution in [-0.4, -0.2) is 91.7 Å². The number of alkyl carbamates (subject to hydrolysis) is 2. The van der Waals surface area contributed by atoms with E-state index < -0.39 is 40.8 Å². The van der Waals surface area contributed by atoms with E-state index >= 15 is 0 Å². The van der Waals surface area contributed by atoms with Crippen molar-refractivity contribution in [3.8, 4) is 0 Å².